The lowest BCUT2D eigenvalue weighted by Gasteiger charge is -2.05. The van der Waals surface area contributed by atoms with Crippen molar-refractivity contribution in [2.24, 2.45) is 17.8 Å². The molecule has 102 valence electrons. The highest BCUT2D eigenvalue weighted by Gasteiger charge is 2.48. The fourth-order valence-electron chi connectivity index (χ4n) is 2.57. The van der Waals surface area contributed by atoms with Crippen molar-refractivity contribution in [2.75, 3.05) is 6.61 Å². The maximum absolute atomic E-state index is 13.6. The second-order valence-electron chi connectivity index (χ2n) is 5.69. The van der Waals surface area contributed by atoms with Crippen LogP contribution in [0.5, 0.6) is 0 Å². The van der Waals surface area contributed by atoms with Crippen LogP contribution in [0.15, 0.2) is 18.2 Å². The summed E-state index contributed by atoms with van der Waals surface area (Å²) in [5.74, 6) is -1.08. The van der Waals surface area contributed by atoms with Gasteiger partial charge in [-0.15, -0.1) is 0 Å². The summed E-state index contributed by atoms with van der Waals surface area (Å²) in [6.07, 6.45) is 1.58. The van der Waals surface area contributed by atoms with Gasteiger partial charge < -0.3 is 4.74 Å². The lowest BCUT2D eigenvalue weighted by atomic mass is 10.1. The number of hydrogen-bond donors (Lipinski definition) is 0. The number of carbonyl (C=O) groups is 1. The molecule has 1 aromatic carbocycles. The number of carbonyl (C=O) groups excluding carboxylic acids is 1. The SMILES string of the molecule is CC1CC1COC(=O)C1CC1c1c(F)cccc1F. The van der Waals surface area contributed by atoms with Gasteiger partial charge in [-0.25, -0.2) is 8.78 Å². The van der Waals surface area contributed by atoms with Gasteiger partial charge in [-0.1, -0.05) is 13.0 Å². The van der Waals surface area contributed by atoms with Gasteiger partial charge in [0.25, 0.3) is 0 Å². The lowest BCUT2D eigenvalue weighted by Crippen LogP contribution is -2.11. The molecule has 0 aliphatic heterocycles. The zero-order valence-corrected chi connectivity index (χ0v) is 10.7. The largest absolute Gasteiger partial charge is 0.465 e. The number of halogens is 2. The quantitative estimate of drug-likeness (QED) is 0.782. The highest BCUT2D eigenvalue weighted by atomic mass is 19.1. The molecule has 0 amide bonds. The lowest BCUT2D eigenvalue weighted by molar-refractivity contribution is -0.145. The fraction of sp³-hybridized carbons (Fsp3) is 0.533. The van der Waals surface area contributed by atoms with Crippen molar-refractivity contribution >= 4 is 5.97 Å². The van der Waals surface area contributed by atoms with Crippen LogP contribution < -0.4 is 0 Å². The Bertz CT molecular complexity index is 495. The molecule has 0 radical (unpaired) electrons. The summed E-state index contributed by atoms with van der Waals surface area (Å²) in [5, 5.41) is 0. The molecule has 2 aliphatic carbocycles. The number of benzene rings is 1. The van der Waals surface area contributed by atoms with Crippen molar-refractivity contribution in [2.45, 2.75) is 25.7 Å². The molecule has 4 atom stereocenters. The third-order valence-electron chi connectivity index (χ3n) is 4.18. The zero-order chi connectivity index (χ0) is 13.6. The minimum atomic E-state index is -0.573. The van der Waals surface area contributed by atoms with E-state index in [1.807, 2.05) is 0 Å². The highest BCUT2D eigenvalue weighted by molar-refractivity contribution is 5.77. The molecule has 2 fully saturated rings. The van der Waals surface area contributed by atoms with Gasteiger partial charge >= 0.3 is 5.97 Å². The monoisotopic (exact) mass is 266 g/mol. The van der Waals surface area contributed by atoms with Crippen molar-refractivity contribution in [3.05, 3.63) is 35.4 Å². The molecule has 0 heterocycles. The van der Waals surface area contributed by atoms with Crippen molar-refractivity contribution in [3.63, 3.8) is 0 Å². The van der Waals surface area contributed by atoms with E-state index in [2.05, 4.69) is 6.92 Å². The predicted octanol–water partition coefficient (Wildman–Crippen LogP) is 3.27. The highest BCUT2D eigenvalue weighted by Crippen LogP contribution is 2.50. The molecule has 2 saturated carbocycles. The molecule has 0 aromatic heterocycles. The second kappa shape index (κ2) is 4.58. The minimum absolute atomic E-state index is 0.0317. The molecule has 0 N–H and O–H groups in total. The van der Waals surface area contributed by atoms with E-state index >= 15 is 0 Å². The predicted molar refractivity (Wildman–Crippen MR) is 65.4 cm³/mol. The fourth-order valence-corrected chi connectivity index (χ4v) is 2.57. The Labute approximate surface area is 110 Å². The first kappa shape index (κ1) is 12.6. The third-order valence-corrected chi connectivity index (χ3v) is 4.18. The summed E-state index contributed by atoms with van der Waals surface area (Å²) >= 11 is 0. The van der Waals surface area contributed by atoms with Crippen molar-refractivity contribution in [3.8, 4) is 0 Å². The number of rotatable bonds is 4. The molecule has 0 spiro atoms. The summed E-state index contributed by atoms with van der Waals surface area (Å²) in [7, 11) is 0. The van der Waals surface area contributed by atoms with Gasteiger partial charge in [0.15, 0.2) is 0 Å². The minimum Gasteiger partial charge on any atom is -0.465 e. The van der Waals surface area contributed by atoms with Crippen LogP contribution in [0.2, 0.25) is 0 Å². The Hall–Kier alpha value is -1.45. The Kier molecular flexibility index (Phi) is 3.03. The third kappa shape index (κ3) is 2.48. The second-order valence-corrected chi connectivity index (χ2v) is 5.69. The number of ether oxygens (including phenoxy) is 1. The van der Waals surface area contributed by atoms with Gasteiger partial charge in [-0.2, -0.15) is 0 Å². The van der Waals surface area contributed by atoms with Crippen LogP contribution in [0, 0.1) is 29.4 Å². The first-order valence-electron chi connectivity index (χ1n) is 6.68. The van der Waals surface area contributed by atoms with Gasteiger partial charge in [0.05, 0.1) is 12.5 Å². The number of hydrogen-bond acceptors (Lipinski definition) is 2. The van der Waals surface area contributed by atoms with E-state index in [1.165, 1.54) is 18.2 Å². The molecular formula is C15H16F2O2. The summed E-state index contributed by atoms with van der Waals surface area (Å²) in [6, 6.07) is 3.79. The first-order chi connectivity index (χ1) is 9.08. The van der Waals surface area contributed by atoms with Crippen LogP contribution in [0.1, 0.15) is 31.2 Å². The summed E-state index contributed by atoms with van der Waals surface area (Å²) in [4.78, 5) is 11.8. The van der Waals surface area contributed by atoms with E-state index in [0.29, 0.717) is 24.9 Å². The van der Waals surface area contributed by atoms with Crippen molar-refractivity contribution in [1.29, 1.82) is 0 Å². The van der Waals surface area contributed by atoms with E-state index in [0.717, 1.165) is 6.42 Å². The summed E-state index contributed by atoms with van der Waals surface area (Å²) in [6.45, 7) is 2.57. The molecule has 2 aliphatic rings. The molecule has 4 heteroatoms. The molecule has 0 saturated heterocycles. The molecule has 4 unspecified atom stereocenters. The normalized spacial score (nSPS) is 31.9. The molecular weight excluding hydrogens is 250 g/mol. The van der Waals surface area contributed by atoms with E-state index in [-0.39, 0.29) is 23.4 Å². The Balaban J connectivity index is 1.59. The van der Waals surface area contributed by atoms with Gasteiger partial charge in [-0.3, -0.25) is 4.79 Å². The van der Waals surface area contributed by atoms with Crippen LogP contribution >= 0.6 is 0 Å². The number of esters is 1. The van der Waals surface area contributed by atoms with Crippen LogP contribution in [-0.2, 0) is 9.53 Å². The van der Waals surface area contributed by atoms with E-state index in [9.17, 15) is 13.6 Å². The van der Waals surface area contributed by atoms with Crippen LogP contribution in [0.3, 0.4) is 0 Å². The maximum Gasteiger partial charge on any atom is 0.309 e. The summed E-state index contributed by atoms with van der Waals surface area (Å²) < 4.78 is 32.3. The Morgan fingerprint density at radius 3 is 2.53 bits per heavy atom. The van der Waals surface area contributed by atoms with E-state index in [4.69, 9.17) is 4.74 Å². The first-order valence-corrected chi connectivity index (χ1v) is 6.68. The van der Waals surface area contributed by atoms with Gasteiger partial charge in [-0.05, 0) is 36.8 Å². The molecule has 0 bridgehead atoms. The van der Waals surface area contributed by atoms with Crippen LogP contribution in [0.25, 0.3) is 0 Å². The molecule has 3 rings (SSSR count). The van der Waals surface area contributed by atoms with Crippen molar-refractivity contribution in [1.82, 2.24) is 0 Å². The van der Waals surface area contributed by atoms with Crippen LogP contribution in [0.4, 0.5) is 8.78 Å². The maximum atomic E-state index is 13.6. The zero-order valence-electron chi connectivity index (χ0n) is 10.7. The molecule has 2 nitrogen and oxygen atoms in total. The Morgan fingerprint density at radius 1 is 1.32 bits per heavy atom. The van der Waals surface area contributed by atoms with E-state index < -0.39 is 11.6 Å². The molecule has 1 aromatic rings. The molecule has 19 heavy (non-hydrogen) atoms. The van der Waals surface area contributed by atoms with E-state index in [1.54, 1.807) is 0 Å². The van der Waals surface area contributed by atoms with Crippen LogP contribution in [-0.4, -0.2) is 12.6 Å². The van der Waals surface area contributed by atoms with Gasteiger partial charge in [0.1, 0.15) is 11.6 Å². The van der Waals surface area contributed by atoms with Gasteiger partial charge in [0, 0.05) is 11.5 Å². The standard InChI is InChI=1S/C15H16F2O2/c1-8-5-9(8)7-19-15(18)11-6-10(11)14-12(16)3-2-4-13(14)17/h2-4,8-11H,5-7H2,1H3. The Morgan fingerprint density at radius 2 is 1.95 bits per heavy atom. The average molecular weight is 266 g/mol. The topological polar surface area (TPSA) is 26.3 Å². The van der Waals surface area contributed by atoms with Crippen molar-refractivity contribution < 1.29 is 18.3 Å². The average Bonchev–Trinajstić information content (AvgIpc) is 3.24. The summed E-state index contributed by atoms with van der Waals surface area (Å²) in [5.41, 5.74) is 0.0317. The smallest absolute Gasteiger partial charge is 0.309 e. The van der Waals surface area contributed by atoms with Gasteiger partial charge in [0.2, 0.25) is 0 Å².